The first-order chi connectivity index (χ1) is 13.8. The van der Waals surface area contributed by atoms with E-state index in [1.54, 1.807) is 4.90 Å². The quantitative estimate of drug-likeness (QED) is 0.550. The zero-order valence-electron chi connectivity index (χ0n) is 15.3. The molecule has 156 valence electrons. The number of nitrogens with zero attached hydrogens (tertiary/aromatic N) is 5. The lowest BCUT2D eigenvalue weighted by atomic mass is 10.2. The first-order valence-electron chi connectivity index (χ1n) is 8.81. The molecule has 0 atom stereocenters. The molecule has 1 aromatic heterocycles. The van der Waals surface area contributed by atoms with Crippen LogP contribution in [0.1, 0.15) is 5.56 Å². The van der Waals surface area contributed by atoms with E-state index in [0.717, 1.165) is 12.1 Å². The number of nitrogens with one attached hydrogen (secondary N) is 1. The van der Waals surface area contributed by atoms with Crippen LogP contribution in [0.5, 0.6) is 0 Å². The summed E-state index contributed by atoms with van der Waals surface area (Å²) in [6, 6.07) is 4.14. The number of alkyl halides is 3. The van der Waals surface area contributed by atoms with Gasteiger partial charge in [-0.1, -0.05) is 0 Å². The zero-order chi connectivity index (χ0) is 21.0. The minimum absolute atomic E-state index is 0.0366. The van der Waals surface area contributed by atoms with E-state index < -0.39 is 16.7 Å². The van der Waals surface area contributed by atoms with Gasteiger partial charge in [0.25, 0.3) is 0 Å². The highest BCUT2D eigenvalue weighted by atomic mass is 19.4. The van der Waals surface area contributed by atoms with Crippen molar-refractivity contribution in [1.82, 2.24) is 14.9 Å². The standard InChI is InChI=1S/C17H19F3N6O3/c18-17(19,20)12-1-3-13(4-2-12)23-15-14(26(28)29)16(22-11-21-15)25-7-5-24(6-8-25)9-10-27/h1-4,11,27H,5-10H2,(H,21,22,23). The molecule has 0 radical (unpaired) electrons. The maximum absolute atomic E-state index is 12.7. The molecule has 2 N–H and O–H groups in total. The highest BCUT2D eigenvalue weighted by Gasteiger charge is 2.31. The largest absolute Gasteiger partial charge is 0.416 e. The van der Waals surface area contributed by atoms with E-state index in [1.807, 2.05) is 4.90 Å². The summed E-state index contributed by atoms with van der Waals surface area (Å²) in [5.74, 6) is 0.0422. The summed E-state index contributed by atoms with van der Waals surface area (Å²) in [4.78, 5) is 22.8. The molecule has 29 heavy (non-hydrogen) atoms. The summed E-state index contributed by atoms with van der Waals surface area (Å²) < 4.78 is 38.1. The molecule has 0 amide bonds. The van der Waals surface area contributed by atoms with Gasteiger partial charge in [-0.2, -0.15) is 13.2 Å². The normalized spacial score (nSPS) is 15.4. The number of nitro groups is 1. The molecular weight excluding hydrogens is 393 g/mol. The average Bonchev–Trinajstić information content (AvgIpc) is 2.68. The molecular formula is C17H19F3N6O3. The van der Waals surface area contributed by atoms with Crippen LogP contribution in [0.3, 0.4) is 0 Å². The summed E-state index contributed by atoms with van der Waals surface area (Å²) in [5.41, 5.74) is -0.928. The van der Waals surface area contributed by atoms with E-state index in [1.165, 1.54) is 18.5 Å². The van der Waals surface area contributed by atoms with Crippen LogP contribution in [0.25, 0.3) is 0 Å². The summed E-state index contributed by atoms with van der Waals surface area (Å²) in [5, 5.41) is 23.4. The maximum atomic E-state index is 12.7. The fourth-order valence-electron chi connectivity index (χ4n) is 3.06. The van der Waals surface area contributed by atoms with E-state index in [-0.39, 0.29) is 29.6 Å². The number of aliphatic hydroxyl groups excluding tert-OH is 1. The van der Waals surface area contributed by atoms with Gasteiger partial charge in [0.05, 0.1) is 17.1 Å². The molecule has 0 aliphatic carbocycles. The van der Waals surface area contributed by atoms with Gasteiger partial charge in [-0.15, -0.1) is 0 Å². The molecule has 1 aromatic carbocycles. The van der Waals surface area contributed by atoms with Crippen LogP contribution in [0.4, 0.5) is 36.2 Å². The molecule has 1 aliphatic heterocycles. The number of aliphatic hydroxyl groups is 1. The monoisotopic (exact) mass is 412 g/mol. The Morgan fingerprint density at radius 3 is 2.34 bits per heavy atom. The number of β-amino-alcohol motifs (C(OH)–C–C–N with tert-alkyl or cyclic N) is 1. The second-order valence-electron chi connectivity index (χ2n) is 6.40. The van der Waals surface area contributed by atoms with Crippen LogP contribution in [-0.2, 0) is 6.18 Å². The van der Waals surface area contributed by atoms with Crippen LogP contribution < -0.4 is 10.2 Å². The molecule has 1 saturated heterocycles. The third kappa shape index (κ3) is 4.90. The minimum atomic E-state index is -4.47. The van der Waals surface area contributed by atoms with Gasteiger partial charge in [0.2, 0.25) is 11.6 Å². The summed E-state index contributed by atoms with van der Waals surface area (Å²) >= 11 is 0. The van der Waals surface area contributed by atoms with Crippen molar-refractivity contribution < 1.29 is 23.2 Å². The lowest BCUT2D eigenvalue weighted by molar-refractivity contribution is -0.383. The maximum Gasteiger partial charge on any atom is 0.416 e. The Hall–Kier alpha value is -2.99. The fraction of sp³-hybridized carbons (Fsp3) is 0.412. The van der Waals surface area contributed by atoms with E-state index in [9.17, 15) is 23.3 Å². The number of benzene rings is 1. The van der Waals surface area contributed by atoms with Crippen LogP contribution in [0, 0.1) is 10.1 Å². The van der Waals surface area contributed by atoms with Crippen molar-refractivity contribution >= 4 is 23.0 Å². The van der Waals surface area contributed by atoms with Gasteiger partial charge in [-0.05, 0) is 24.3 Å². The molecule has 9 nitrogen and oxygen atoms in total. The summed E-state index contributed by atoms with van der Waals surface area (Å²) in [7, 11) is 0. The number of hydrogen-bond acceptors (Lipinski definition) is 8. The summed E-state index contributed by atoms with van der Waals surface area (Å²) in [6.07, 6.45) is -3.29. The van der Waals surface area contributed by atoms with Crippen LogP contribution in [-0.4, -0.2) is 64.2 Å². The third-order valence-electron chi connectivity index (χ3n) is 4.55. The van der Waals surface area contributed by atoms with Crippen LogP contribution in [0.15, 0.2) is 30.6 Å². The SMILES string of the molecule is O=[N+]([O-])c1c(Nc2ccc(C(F)(F)F)cc2)ncnc1N1CCN(CCO)CC1. The lowest BCUT2D eigenvalue weighted by Crippen LogP contribution is -2.47. The second-order valence-corrected chi connectivity index (χ2v) is 6.40. The molecule has 2 heterocycles. The van der Waals surface area contributed by atoms with Crippen LogP contribution >= 0.6 is 0 Å². The van der Waals surface area contributed by atoms with E-state index in [4.69, 9.17) is 5.11 Å². The highest BCUT2D eigenvalue weighted by molar-refractivity contribution is 5.74. The number of hydrogen-bond donors (Lipinski definition) is 2. The minimum Gasteiger partial charge on any atom is -0.395 e. The van der Waals surface area contributed by atoms with Crippen molar-refractivity contribution in [3.63, 3.8) is 0 Å². The number of halogens is 3. The number of aromatic nitrogens is 2. The topological polar surface area (TPSA) is 108 Å². The van der Waals surface area contributed by atoms with Crippen molar-refractivity contribution in [3.8, 4) is 0 Å². The zero-order valence-corrected chi connectivity index (χ0v) is 15.3. The Morgan fingerprint density at radius 2 is 1.79 bits per heavy atom. The van der Waals surface area contributed by atoms with Gasteiger partial charge in [0.15, 0.2) is 0 Å². The fourth-order valence-corrected chi connectivity index (χ4v) is 3.06. The predicted molar refractivity (Wildman–Crippen MR) is 99.2 cm³/mol. The number of anilines is 3. The first kappa shape index (κ1) is 20.7. The molecule has 1 aliphatic rings. The smallest absolute Gasteiger partial charge is 0.395 e. The Balaban J connectivity index is 1.83. The Morgan fingerprint density at radius 1 is 1.14 bits per heavy atom. The van der Waals surface area contributed by atoms with E-state index in [2.05, 4.69) is 15.3 Å². The molecule has 12 heteroatoms. The van der Waals surface area contributed by atoms with Gasteiger partial charge in [-0.25, -0.2) is 9.97 Å². The molecule has 2 aromatic rings. The van der Waals surface area contributed by atoms with Gasteiger partial charge >= 0.3 is 11.9 Å². The number of rotatable bonds is 6. The van der Waals surface area contributed by atoms with Crippen molar-refractivity contribution in [2.45, 2.75) is 6.18 Å². The third-order valence-corrected chi connectivity index (χ3v) is 4.55. The average molecular weight is 412 g/mol. The first-order valence-corrected chi connectivity index (χ1v) is 8.81. The van der Waals surface area contributed by atoms with Gasteiger partial charge in [0.1, 0.15) is 6.33 Å². The molecule has 1 fully saturated rings. The van der Waals surface area contributed by atoms with E-state index in [0.29, 0.717) is 32.7 Å². The van der Waals surface area contributed by atoms with Crippen LogP contribution in [0.2, 0.25) is 0 Å². The molecule has 0 saturated carbocycles. The predicted octanol–water partition coefficient (Wildman–Crippen LogP) is 2.26. The number of piperazine rings is 1. The molecule has 0 unspecified atom stereocenters. The highest BCUT2D eigenvalue weighted by Crippen LogP contribution is 2.35. The second kappa shape index (κ2) is 8.57. The van der Waals surface area contributed by atoms with Crippen molar-refractivity contribution in [3.05, 3.63) is 46.3 Å². The van der Waals surface area contributed by atoms with Crippen molar-refractivity contribution in [2.24, 2.45) is 0 Å². The molecule has 0 spiro atoms. The van der Waals surface area contributed by atoms with Crippen molar-refractivity contribution in [1.29, 1.82) is 0 Å². The van der Waals surface area contributed by atoms with Gasteiger partial charge < -0.3 is 15.3 Å². The molecule has 0 bridgehead atoms. The Labute approximate surface area is 163 Å². The summed E-state index contributed by atoms with van der Waals surface area (Å²) in [6.45, 7) is 2.76. The Bertz CT molecular complexity index is 854. The van der Waals surface area contributed by atoms with E-state index >= 15 is 0 Å². The lowest BCUT2D eigenvalue weighted by Gasteiger charge is -2.34. The van der Waals surface area contributed by atoms with Gasteiger partial charge in [-0.3, -0.25) is 15.0 Å². The molecule has 3 rings (SSSR count). The van der Waals surface area contributed by atoms with Crippen molar-refractivity contribution in [2.75, 3.05) is 49.5 Å². The van der Waals surface area contributed by atoms with Gasteiger partial charge in [0, 0.05) is 38.4 Å². The Kier molecular flexibility index (Phi) is 6.13.